The number of esters is 1. The Labute approximate surface area is 128 Å². The van der Waals surface area contributed by atoms with Gasteiger partial charge in [-0.3, -0.25) is 9.69 Å². The highest BCUT2D eigenvalue weighted by atomic mass is 16.5. The number of nitrogens with zero attached hydrogens (tertiary/aromatic N) is 1. The third-order valence-electron chi connectivity index (χ3n) is 3.63. The summed E-state index contributed by atoms with van der Waals surface area (Å²) in [7, 11) is 3.65. The number of aryl methyl sites for hydroxylation is 2. The molecule has 0 amide bonds. The van der Waals surface area contributed by atoms with Gasteiger partial charge in [0.25, 0.3) is 0 Å². The smallest absolute Gasteiger partial charge is 0.323 e. The van der Waals surface area contributed by atoms with Crippen LogP contribution in [0, 0.1) is 13.8 Å². The van der Waals surface area contributed by atoms with E-state index in [2.05, 4.69) is 12.1 Å². The Hall–Kier alpha value is -1.55. The van der Waals surface area contributed by atoms with Crippen molar-refractivity contribution in [2.75, 3.05) is 20.8 Å². The number of benzene rings is 1. The van der Waals surface area contributed by atoms with Crippen LogP contribution in [0.2, 0.25) is 0 Å². The maximum absolute atomic E-state index is 12.0. The molecular formula is C17H27NO3. The van der Waals surface area contributed by atoms with Crippen molar-refractivity contribution < 1.29 is 14.3 Å². The van der Waals surface area contributed by atoms with Gasteiger partial charge >= 0.3 is 5.97 Å². The number of hydrogen-bond donors (Lipinski definition) is 0. The summed E-state index contributed by atoms with van der Waals surface area (Å²) in [6.07, 6.45) is 0.740. The van der Waals surface area contributed by atoms with Crippen LogP contribution >= 0.6 is 0 Å². The molecule has 1 unspecified atom stereocenters. The summed E-state index contributed by atoms with van der Waals surface area (Å²) in [4.78, 5) is 14.0. The van der Waals surface area contributed by atoms with Crippen molar-refractivity contribution in [3.8, 4) is 5.75 Å². The fraction of sp³-hybridized carbons (Fsp3) is 0.588. The summed E-state index contributed by atoms with van der Waals surface area (Å²) in [5, 5.41) is 0. The molecule has 0 aromatic heterocycles. The fourth-order valence-corrected chi connectivity index (χ4v) is 2.75. The summed E-state index contributed by atoms with van der Waals surface area (Å²) in [5.41, 5.74) is 3.41. The SMILES string of the molecule is CCOC(=O)C(CC)N(C)Cc1cc(C)c(OC)c(C)c1. The van der Waals surface area contributed by atoms with E-state index in [9.17, 15) is 4.79 Å². The highest BCUT2D eigenvalue weighted by molar-refractivity contribution is 5.75. The third-order valence-corrected chi connectivity index (χ3v) is 3.63. The van der Waals surface area contributed by atoms with E-state index in [0.29, 0.717) is 13.2 Å². The fourth-order valence-electron chi connectivity index (χ4n) is 2.75. The zero-order chi connectivity index (χ0) is 16.0. The Bertz CT molecular complexity index is 462. The van der Waals surface area contributed by atoms with Crippen LogP contribution in [0.15, 0.2) is 12.1 Å². The van der Waals surface area contributed by atoms with E-state index in [1.807, 2.05) is 39.6 Å². The van der Waals surface area contributed by atoms with Crippen LogP contribution < -0.4 is 4.74 Å². The maximum Gasteiger partial charge on any atom is 0.323 e. The quantitative estimate of drug-likeness (QED) is 0.724. The average molecular weight is 293 g/mol. The highest BCUT2D eigenvalue weighted by Crippen LogP contribution is 2.25. The lowest BCUT2D eigenvalue weighted by molar-refractivity contribution is -0.149. The Morgan fingerprint density at radius 2 is 1.81 bits per heavy atom. The van der Waals surface area contributed by atoms with Gasteiger partial charge in [-0.2, -0.15) is 0 Å². The van der Waals surface area contributed by atoms with Crippen molar-refractivity contribution in [3.63, 3.8) is 0 Å². The number of ether oxygens (including phenoxy) is 2. The molecule has 1 aromatic rings. The van der Waals surface area contributed by atoms with E-state index in [4.69, 9.17) is 9.47 Å². The summed E-state index contributed by atoms with van der Waals surface area (Å²) in [5.74, 6) is 0.781. The van der Waals surface area contributed by atoms with Crippen LogP contribution in [-0.4, -0.2) is 37.7 Å². The first kappa shape index (κ1) is 17.5. The molecule has 0 radical (unpaired) electrons. The minimum Gasteiger partial charge on any atom is -0.496 e. The van der Waals surface area contributed by atoms with Gasteiger partial charge in [-0.05, 0) is 50.9 Å². The van der Waals surface area contributed by atoms with Gasteiger partial charge in [0.1, 0.15) is 11.8 Å². The lowest BCUT2D eigenvalue weighted by Crippen LogP contribution is -2.38. The van der Waals surface area contributed by atoms with Crippen LogP contribution in [0.25, 0.3) is 0 Å². The second-order valence-corrected chi connectivity index (χ2v) is 5.35. The van der Waals surface area contributed by atoms with E-state index in [1.54, 1.807) is 7.11 Å². The van der Waals surface area contributed by atoms with Gasteiger partial charge in [-0.15, -0.1) is 0 Å². The number of rotatable bonds is 7. The molecule has 1 rings (SSSR count). The van der Waals surface area contributed by atoms with Gasteiger partial charge in [-0.1, -0.05) is 19.1 Å². The average Bonchev–Trinajstić information content (AvgIpc) is 2.39. The van der Waals surface area contributed by atoms with Crippen molar-refractivity contribution in [2.24, 2.45) is 0 Å². The molecule has 4 heteroatoms. The topological polar surface area (TPSA) is 38.8 Å². The predicted octanol–water partition coefficient (Wildman–Crippen LogP) is 3.09. The number of hydrogen-bond acceptors (Lipinski definition) is 4. The van der Waals surface area contributed by atoms with Crippen molar-refractivity contribution >= 4 is 5.97 Å². The Morgan fingerprint density at radius 1 is 1.24 bits per heavy atom. The zero-order valence-electron chi connectivity index (χ0n) is 14.0. The number of likely N-dealkylation sites (N-methyl/N-ethyl adjacent to an activating group) is 1. The normalized spacial score (nSPS) is 12.3. The molecule has 0 fully saturated rings. The van der Waals surface area contributed by atoms with Crippen LogP contribution in [0.5, 0.6) is 5.75 Å². The van der Waals surface area contributed by atoms with Crippen LogP contribution in [-0.2, 0) is 16.1 Å². The van der Waals surface area contributed by atoms with Gasteiger partial charge in [0.05, 0.1) is 13.7 Å². The van der Waals surface area contributed by atoms with Crippen LogP contribution in [0.3, 0.4) is 0 Å². The van der Waals surface area contributed by atoms with Crippen LogP contribution in [0.4, 0.5) is 0 Å². The maximum atomic E-state index is 12.0. The van der Waals surface area contributed by atoms with Crippen LogP contribution in [0.1, 0.15) is 37.0 Å². The molecule has 1 atom stereocenters. The van der Waals surface area contributed by atoms with Crippen molar-refractivity contribution in [3.05, 3.63) is 28.8 Å². The molecule has 0 heterocycles. The van der Waals surface area contributed by atoms with E-state index >= 15 is 0 Å². The van der Waals surface area contributed by atoms with E-state index in [0.717, 1.165) is 23.3 Å². The van der Waals surface area contributed by atoms with Gasteiger partial charge in [0.2, 0.25) is 0 Å². The molecule has 0 saturated carbocycles. The van der Waals surface area contributed by atoms with Gasteiger partial charge in [0, 0.05) is 6.54 Å². The van der Waals surface area contributed by atoms with Gasteiger partial charge in [0.15, 0.2) is 0 Å². The molecular weight excluding hydrogens is 266 g/mol. The molecule has 0 aliphatic heterocycles. The summed E-state index contributed by atoms with van der Waals surface area (Å²) in [6, 6.07) is 4.02. The summed E-state index contributed by atoms with van der Waals surface area (Å²) >= 11 is 0. The molecule has 0 aliphatic rings. The molecule has 118 valence electrons. The first-order chi connectivity index (χ1) is 9.94. The second kappa shape index (κ2) is 8.03. The lowest BCUT2D eigenvalue weighted by atomic mass is 10.0. The monoisotopic (exact) mass is 293 g/mol. The molecule has 0 spiro atoms. The number of methoxy groups -OCH3 is 1. The van der Waals surface area contributed by atoms with Gasteiger partial charge < -0.3 is 9.47 Å². The number of carbonyl (C=O) groups is 1. The zero-order valence-corrected chi connectivity index (χ0v) is 14.0. The largest absolute Gasteiger partial charge is 0.496 e. The first-order valence-electron chi connectivity index (χ1n) is 7.45. The van der Waals surface area contributed by atoms with Crippen molar-refractivity contribution in [1.82, 2.24) is 4.90 Å². The molecule has 21 heavy (non-hydrogen) atoms. The molecule has 4 nitrogen and oxygen atoms in total. The number of carbonyl (C=O) groups excluding carboxylic acids is 1. The minimum atomic E-state index is -0.201. The van der Waals surface area contributed by atoms with Gasteiger partial charge in [-0.25, -0.2) is 0 Å². The molecule has 0 saturated heterocycles. The second-order valence-electron chi connectivity index (χ2n) is 5.35. The third kappa shape index (κ3) is 4.46. The van der Waals surface area contributed by atoms with E-state index in [-0.39, 0.29) is 12.0 Å². The Morgan fingerprint density at radius 3 is 2.24 bits per heavy atom. The Balaban J connectivity index is 2.87. The minimum absolute atomic E-state index is 0.149. The summed E-state index contributed by atoms with van der Waals surface area (Å²) in [6.45, 7) is 9.05. The standard InChI is InChI=1S/C17H27NO3/c1-7-15(17(19)21-8-2)18(5)11-14-9-12(3)16(20-6)13(4)10-14/h9-10,15H,7-8,11H2,1-6H3. The predicted molar refractivity (Wildman–Crippen MR) is 84.6 cm³/mol. The first-order valence-corrected chi connectivity index (χ1v) is 7.45. The molecule has 0 bridgehead atoms. The summed E-state index contributed by atoms with van der Waals surface area (Å²) < 4.78 is 10.5. The molecule has 0 aliphatic carbocycles. The van der Waals surface area contributed by atoms with Crippen molar-refractivity contribution in [2.45, 2.75) is 46.7 Å². The lowest BCUT2D eigenvalue weighted by Gasteiger charge is -2.25. The Kier molecular flexibility index (Phi) is 6.69. The molecule has 0 N–H and O–H groups in total. The highest BCUT2D eigenvalue weighted by Gasteiger charge is 2.22. The molecule has 1 aromatic carbocycles. The van der Waals surface area contributed by atoms with E-state index < -0.39 is 0 Å². The van der Waals surface area contributed by atoms with E-state index in [1.165, 1.54) is 5.56 Å². The van der Waals surface area contributed by atoms with Crippen molar-refractivity contribution in [1.29, 1.82) is 0 Å².